The first-order chi connectivity index (χ1) is 12.8. The molecule has 1 N–H and O–H groups in total. The summed E-state index contributed by atoms with van der Waals surface area (Å²) in [7, 11) is -5.93. The van der Waals surface area contributed by atoms with E-state index in [0.29, 0.717) is 0 Å². The van der Waals surface area contributed by atoms with Crippen molar-refractivity contribution >= 4 is 32.6 Å². The molecular weight excluding hydrogens is 426 g/mol. The maximum Gasteiger partial charge on any atom is 0.193 e. The Bertz CT molecular complexity index is 755. The quantitative estimate of drug-likeness (QED) is 0.577. The minimum Gasteiger partial charge on any atom is -0.407 e. The van der Waals surface area contributed by atoms with E-state index in [1.807, 2.05) is 40.4 Å². The zero-order chi connectivity index (χ0) is 23.0. The lowest BCUT2D eigenvalue weighted by Crippen LogP contribution is -2.47. The summed E-state index contributed by atoms with van der Waals surface area (Å²) in [5, 5.41) is 0.0234. The Hall–Kier alpha value is -0.486. The molecule has 1 aromatic rings. The van der Waals surface area contributed by atoms with Gasteiger partial charge < -0.3 is 4.43 Å². The van der Waals surface area contributed by atoms with Gasteiger partial charge in [-0.3, -0.25) is 4.98 Å². The average molecular weight is 465 g/mol. The second kappa shape index (κ2) is 8.94. The van der Waals surface area contributed by atoms with Gasteiger partial charge in [0.25, 0.3) is 0 Å². The highest BCUT2D eigenvalue weighted by atomic mass is 32.2. The Labute approximate surface area is 180 Å². The van der Waals surface area contributed by atoms with Crippen molar-refractivity contribution in [3.05, 3.63) is 23.5 Å². The lowest BCUT2D eigenvalue weighted by molar-refractivity contribution is 0.178. The number of nitrogens with one attached hydrogen (secondary N) is 1. The molecule has 2 atom stereocenters. The monoisotopic (exact) mass is 464 g/mol. The summed E-state index contributed by atoms with van der Waals surface area (Å²) in [6.07, 6.45) is 0.340. The van der Waals surface area contributed by atoms with E-state index in [1.54, 1.807) is 0 Å². The minimum atomic E-state index is -2.30. The molecule has 0 bridgehead atoms. The maximum atomic E-state index is 15.5. The second-order valence-corrected chi connectivity index (χ2v) is 22.8. The Morgan fingerprint density at radius 3 is 2.03 bits per heavy atom. The van der Waals surface area contributed by atoms with Crippen LogP contribution in [0.3, 0.4) is 0 Å². The number of hydrogen-bond acceptors (Lipinski definition) is 3. The fraction of sp³-hybridized carbons (Fsp3) is 0.750. The van der Waals surface area contributed by atoms with Crippen LogP contribution in [0.5, 0.6) is 0 Å². The topological polar surface area (TPSA) is 51.2 Å². The number of hydrogen-bond donors (Lipinski definition) is 1. The van der Waals surface area contributed by atoms with Gasteiger partial charge >= 0.3 is 0 Å². The van der Waals surface area contributed by atoms with Gasteiger partial charge in [0, 0.05) is 11.7 Å². The zero-order valence-electron chi connectivity index (χ0n) is 19.8. The largest absolute Gasteiger partial charge is 0.407 e. The van der Waals surface area contributed by atoms with Crippen LogP contribution in [0.4, 0.5) is 8.78 Å². The predicted octanol–water partition coefficient (Wildman–Crippen LogP) is 5.02. The summed E-state index contributed by atoms with van der Waals surface area (Å²) in [4.78, 5) is 4.09. The molecule has 0 fully saturated rings. The zero-order valence-corrected chi connectivity index (χ0v) is 22.6. The van der Waals surface area contributed by atoms with E-state index in [2.05, 4.69) is 43.6 Å². The first-order valence-corrected chi connectivity index (χ1v) is 17.5. The molecule has 1 heterocycles. The van der Waals surface area contributed by atoms with Crippen molar-refractivity contribution in [2.75, 3.05) is 6.54 Å². The van der Waals surface area contributed by atoms with E-state index >= 15 is 4.39 Å². The third-order valence-corrected chi connectivity index (χ3v) is 13.2. The molecule has 2 unspecified atom stereocenters. The van der Waals surface area contributed by atoms with Gasteiger partial charge in [-0.05, 0) is 38.9 Å². The molecule has 4 nitrogen and oxygen atoms in total. The molecule has 168 valence electrons. The van der Waals surface area contributed by atoms with Crippen molar-refractivity contribution in [2.45, 2.75) is 90.2 Å². The van der Waals surface area contributed by atoms with Crippen LogP contribution in [0, 0.1) is 11.6 Å². The highest BCUT2D eigenvalue weighted by molar-refractivity contribution is 7.84. The van der Waals surface area contributed by atoms with Crippen LogP contribution in [0.15, 0.2) is 6.20 Å². The van der Waals surface area contributed by atoms with E-state index < -0.39 is 49.9 Å². The Morgan fingerprint density at radius 2 is 1.62 bits per heavy atom. The first kappa shape index (κ1) is 26.5. The van der Waals surface area contributed by atoms with E-state index in [0.717, 1.165) is 6.20 Å². The van der Waals surface area contributed by atoms with Crippen molar-refractivity contribution < 1.29 is 17.4 Å². The number of rotatable bonds is 7. The highest BCUT2D eigenvalue weighted by Gasteiger charge is 2.41. The third kappa shape index (κ3) is 6.75. The van der Waals surface area contributed by atoms with Crippen molar-refractivity contribution in [1.29, 1.82) is 0 Å². The van der Waals surface area contributed by atoms with Crippen LogP contribution in [0.1, 0.15) is 53.3 Å². The molecular formula is C20H38F2N2O2SSi2. The van der Waals surface area contributed by atoms with E-state index in [1.165, 1.54) is 0 Å². The first-order valence-electron chi connectivity index (χ1n) is 9.96. The molecule has 0 aliphatic heterocycles. The van der Waals surface area contributed by atoms with Gasteiger partial charge in [0.2, 0.25) is 0 Å². The molecule has 0 aliphatic carbocycles. The van der Waals surface area contributed by atoms with Gasteiger partial charge in [-0.15, -0.1) is 0 Å². The molecule has 0 radical (unpaired) electrons. The van der Waals surface area contributed by atoms with Crippen LogP contribution >= 0.6 is 0 Å². The Kier molecular flexibility index (Phi) is 8.18. The molecule has 29 heavy (non-hydrogen) atoms. The van der Waals surface area contributed by atoms with Crippen LogP contribution < -0.4 is 9.91 Å². The van der Waals surface area contributed by atoms with Crippen molar-refractivity contribution in [2.24, 2.45) is 0 Å². The predicted molar refractivity (Wildman–Crippen MR) is 124 cm³/mol. The third-order valence-electron chi connectivity index (χ3n) is 5.25. The van der Waals surface area contributed by atoms with Gasteiger partial charge in [-0.2, -0.15) is 0 Å². The van der Waals surface area contributed by atoms with Crippen LogP contribution in [0.25, 0.3) is 0 Å². The van der Waals surface area contributed by atoms with Gasteiger partial charge in [-0.25, -0.2) is 17.7 Å². The summed E-state index contributed by atoms with van der Waals surface area (Å²) < 4.78 is 51.4. The van der Waals surface area contributed by atoms with Crippen LogP contribution in [-0.4, -0.2) is 36.9 Å². The van der Waals surface area contributed by atoms with Gasteiger partial charge in [-0.1, -0.05) is 40.4 Å². The molecule has 1 rings (SSSR count). The van der Waals surface area contributed by atoms with Crippen LogP contribution in [0.2, 0.25) is 37.8 Å². The van der Waals surface area contributed by atoms with Crippen LogP contribution in [-0.2, 0) is 15.4 Å². The molecule has 9 heteroatoms. The number of nitrogens with zero attached hydrogens (tertiary/aromatic N) is 1. The lowest BCUT2D eigenvalue weighted by Gasteiger charge is -2.39. The molecule has 0 aliphatic rings. The number of pyridine rings is 1. The number of aromatic nitrogens is 1. The van der Waals surface area contributed by atoms with Crippen molar-refractivity contribution in [1.82, 2.24) is 9.71 Å². The molecule has 0 saturated heterocycles. The Morgan fingerprint density at radius 1 is 1.10 bits per heavy atom. The molecule has 0 amide bonds. The van der Waals surface area contributed by atoms with Gasteiger partial charge in [0.15, 0.2) is 8.32 Å². The fourth-order valence-corrected chi connectivity index (χ4v) is 6.05. The number of halogens is 2. The summed E-state index contributed by atoms with van der Waals surface area (Å²) in [6, 6.07) is 0. The summed E-state index contributed by atoms with van der Waals surface area (Å²) in [5.41, 5.74) is 0.0899. The SMILES string of the molecule is CC(C)(C)S(=O)NCC(O[Si](C)(C)C(C)(C)C)c1ncc(F)c([Si](C)(C)C)c1F. The summed E-state index contributed by atoms with van der Waals surface area (Å²) in [5.74, 6) is -1.24. The normalized spacial score (nSPS) is 16.0. The standard InChI is InChI=1S/C20H38F2N2O2SSi2/c1-19(2,3)27(25)24-13-15(26-29(10,11)20(4,5)6)17-16(22)18(28(7,8)9)14(21)12-23-17/h12,15,24H,13H2,1-11H3. The van der Waals surface area contributed by atoms with Gasteiger partial charge in [0.1, 0.15) is 23.4 Å². The lowest BCUT2D eigenvalue weighted by atomic mass is 10.2. The van der Waals surface area contributed by atoms with Crippen molar-refractivity contribution in [3.63, 3.8) is 0 Å². The molecule has 0 spiro atoms. The average Bonchev–Trinajstić information content (AvgIpc) is 2.47. The van der Waals surface area contributed by atoms with Crippen molar-refractivity contribution in [3.8, 4) is 0 Å². The molecule has 0 aromatic carbocycles. The van der Waals surface area contributed by atoms with E-state index in [9.17, 15) is 8.60 Å². The van der Waals surface area contributed by atoms with E-state index in [4.69, 9.17) is 4.43 Å². The van der Waals surface area contributed by atoms with Gasteiger partial charge in [0.05, 0.1) is 30.0 Å². The minimum absolute atomic E-state index is 0.0899. The van der Waals surface area contributed by atoms with E-state index in [-0.39, 0.29) is 22.5 Å². The fourth-order valence-electron chi connectivity index (χ4n) is 2.49. The smallest absolute Gasteiger partial charge is 0.193 e. The Balaban J connectivity index is 3.44. The summed E-state index contributed by atoms with van der Waals surface area (Å²) >= 11 is 0. The maximum absolute atomic E-state index is 15.5. The second-order valence-electron chi connectivity index (χ2n) is 11.0. The summed E-state index contributed by atoms with van der Waals surface area (Å²) in [6.45, 7) is 21.8. The molecule has 0 saturated carbocycles. The highest BCUT2D eigenvalue weighted by Crippen LogP contribution is 2.39. The molecule has 1 aromatic heterocycles.